The number of phenols is 1. The number of carbonyl (C=O) groups excluding carboxylic acids is 1. The number of aryl methyl sites for hydroxylation is 2. The number of amides is 1. The summed E-state index contributed by atoms with van der Waals surface area (Å²) in [7, 11) is 0. The molecule has 6 heteroatoms. The lowest BCUT2D eigenvalue weighted by atomic mass is 10.0. The normalized spacial score (nSPS) is 11.2. The fourth-order valence-electron chi connectivity index (χ4n) is 3.32. The van der Waals surface area contributed by atoms with Crippen LogP contribution < -0.4 is 5.32 Å². The summed E-state index contributed by atoms with van der Waals surface area (Å²) < 4.78 is 13.5. The molecule has 0 fully saturated rings. The Labute approximate surface area is 178 Å². The zero-order chi connectivity index (χ0) is 22.0. The van der Waals surface area contributed by atoms with Crippen LogP contribution in [0.5, 0.6) is 5.75 Å². The molecular weight excluding hydrogens is 393 g/mol. The number of anilines is 1. The van der Waals surface area contributed by atoms with Crippen molar-refractivity contribution in [3.63, 3.8) is 0 Å². The monoisotopic (exact) mass is 413 g/mol. The molecule has 31 heavy (non-hydrogen) atoms. The van der Waals surface area contributed by atoms with Crippen LogP contribution in [-0.4, -0.2) is 11.0 Å². The zero-order valence-electron chi connectivity index (χ0n) is 17.1. The summed E-state index contributed by atoms with van der Waals surface area (Å²) in [5, 5.41) is 23.4. The van der Waals surface area contributed by atoms with E-state index in [1.807, 2.05) is 50.2 Å². The van der Waals surface area contributed by atoms with Crippen LogP contribution in [0.4, 0.5) is 21.5 Å². The van der Waals surface area contributed by atoms with Gasteiger partial charge in [-0.1, -0.05) is 48.0 Å². The molecule has 0 aliphatic rings. The molecule has 4 rings (SSSR count). The molecule has 1 amide bonds. The molecule has 154 valence electrons. The van der Waals surface area contributed by atoms with Gasteiger partial charge in [0.15, 0.2) is 5.75 Å². The summed E-state index contributed by atoms with van der Waals surface area (Å²) >= 11 is 0. The Hall–Kier alpha value is -4.06. The maximum atomic E-state index is 13.5. The van der Waals surface area contributed by atoms with E-state index < -0.39 is 11.7 Å². The molecular formula is C25H20FN3O2. The molecule has 5 nitrogen and oxygen atoms in total. The van der Waals surface area contributed by atoms with E-state index in [0.29, 0.717) is 16.8 Å². The third-order valence-electron chi connectivity index (χ3n) is 4.95. The van der Waals surface area contributed by atoms with Gasteiger partial charge in [-0.15, -0.1) is 5.11 Å². The summed E-state index contributed by atoms with van der Waals surface area (Å²) in [6, 6.07) is 20.3. The van der Waals surface area contributed by atoms with Gasteiger partial charge in [-0.25, -0.2) is 4.39 Å². The maximum absolute atomic E-state index is 13.5. The van der Waals surface area contributed by atoms with Gasteiger partial charge in [-0.2, -0.15) is 5.11 Å². The zero-order valence-corrected chi connectivity index (χ0v) is 17.1. The second kappa shape index (κ2) is 8.36. The maximum Gasteiger partial charge on any atom is 0.259 e. The fourth-order valence-corrected chi connectivity index (χ4v) is 3.32. The van der Waals surface area contributed by atoms with Crippen LogP contribution in [-0.2, 0) is 0 Å². The Balaban J connectivity index is 1.82. The number of para-hydroxylation sites is 1. The second-order valence-corrected chi connectivity index (χ2v) is 7.29. The van der Waals surface area contributed by atoms with E-state index >= 15 is 0 Å². The summed E-state index contributed by atoms with van der Waals surface area (Å²) in [6.45, 7) is 3.82. The van der Waals surface area contributed by atoms with Crippen molar-refractivity contribution >= 4 is 33.7 Å². The molecule has 0 radical (unpaired) electrons. The first kappa shape index (κ1) is 20.2. The van der Waals surface area contributed by atoms with Crippen molar-refractivity contribution in [1.82, 2.24) is 0 Å². The number of phenolic OH excluding ortho intramolecular Hbond substituents is 1. The van der Waals surface area contributed by atoms with Crippen molar-refractivity contribution in [3.05, 3.63) is 95.3 Å². The first-order valence-corrected chi connectivity index (χ1v) is 9.73. The molecule has 2 N–H and O–H groups in total. The Morgan fingerprint density at radius 3 is 2.52 bits per heavy atom. The lowest BCUT2D eigenvalue weighted by Crippen LogP contribution is -2.13. The van der Waals surface area contributed by atoms with Crippen LogP contribution in [0.25, 0.3) is 10.8 Å². The molecule has 0 unspecified atom stereocenters. The molecule has 4 aromatic rings. The van der Waals surface area contributed by atoms with Gasteiger partial charge in [-0.05, 0) is 49.1 Å². The van der Waals surface area contributed by atoms with Crippen molar-refractivity contribution < 1.29 is 14.3 Å². The van der Waals surface area contributed by atoms with Crippen molar-refractivity contribution in [1.29, 1.82) is 0 Å². The second-order valence-electron chi connectivity index (χ2n) is 7.29. The smallest absolute Gasteiger partial charge is 0.259 e. The Morgan fingerprint density at radius 2 is 1.74 bits per heavy atom. The number of hydrogen-bond donors (Lipinski definition) is 2. The highest BCUT2D eigenvalue weighted by atomic mass is 19.1. The number of rotatable bonds is 4. The molecule has 0 saturated carbocycles. The van der Waals surface area contributed by atoms with Crippen molar-refractivity contribution in [2.45, 2.75) is 13.8 Å². The van der Waals surface area contributed by atoms with Crippen molar-refractivity contribution in [2.75, 3.05) is 5.32 Å². The quantitative estimate of drug-likeness (QED) is 0.355. The van der Waals surface area contributed by atoms with Gasteiger partial charge < -0.3 is 10.4 Å². The molecule has 0 atom stereocenters. The van der Waals surface area contributed by atoms with E-state index in [1.165, 1.54) is 18.2 Å². The third kappa shape index (κ3) is 4.28. The van der Waals surface area contributed by atoms with E-state index in [2.05, 4.69) is 15.5 Å². The first-order chi connectivity index (χ1) is 14.9. The van der Waals surface area contributed by atoms with Crippen LogP contribution in [0, 0.1) is 19.7 Å². The summed E-state index contributed by atoms with van der Waals surface area (Å²) in [4.78, 5) is 13.0. The number of hydrogen-bond acceptors (Lipinski definition) is 4. The van der Waals surface area contributed by atoms with E-state index in [1.54, 1.807) is 18.2 Å². The SMILES string of the molecule is Cc1ccc2c(N=Nc3cccc(F)c3)c(O)c(C(=O)Nc3ccccc3C)cc2c1. The van der Waals surface area contributed by atoms with Gasteiger partial charge in [0.1, 0.15) is 11.5 Å². The summed E-state index contributed by atoms with van der Waals surface area (Å²) in [5.74, 6) is -1.19. The lowest BCUT2D eigenvalue weighted by molar-refractivity contribution is 0.102. The van der Waals surface area contributed by atoms with Crippen LogP contribution in [0.3, 0.4) is 0 Å². The van der Waals surface area contributed by atoms with Gasteiger partial charge >= 0.3 is 0 Å². The molecule has 0 aliphatic carbocycles. The largest absolute Gasteiger partial charge is 0.505 e. The number of halogens is 1. The standard InChI is InChI=1S/C25H20FN3O2/c1-15-10-11-20-17(12-15)13-21(25(31)27-22-9-4-3-6-16(22)2)24(30)23(20)29-28-19-8-5-7-18(26)14-19/h3-14,30H,1-2H3,(H,27,31). The number of azo groups is 1. The van der Waals surface area contributed by atoms with Crippen LogP contribution in [0.2, 0.25) is 0 Å². The van der Waals surface area contributed by atoms with Crippen LogP contribution in [0.15, 0.2) is 83.0 Å². The average molecular weight is 413 g/mol. The Bertz CT molecular complexity index is 1330. The van der Waals surface area contributed by atoms with Crippen LogP contribution in [0.1, 0.15) is 21.5 Å². The minimum atomic E-state index is -0.461. The van der Waals surface area contributed by atoms with Gasteiger partial charge in [0.05, 0.1) is 11.3 Å². The molecule has 0 saturated heterocycles. The number of benzene rings is 4. The van der Waals surface area contributed by atoms with Gasteiger partial charge in [0.2, 0.25) is 0 Å². The highest BCUT2D eigenvalue weighted by molar-refractivity contribution is 6.12. The van der Waals surface area contributed by atoms with Crippen LogP contribution >= 0.6 is 0 Å². The summed E-state index contributed by atoms with van der Waals surface area (Å²) in [5.41, 5.74) is 3.08. The van der Waals surface area contributed by atoms with E-state index in [9.17, 15) is 14.3 Å². The third-order valence-corrected chi connectivity index (χ3v) is 4.95. The number of carbonyl (C=O) groups is 1. The minimum absolute atomic E-state index is 0.0783. The average Bonchev–Trinajstić information content (AvgIpc) is 2.74. The Morgan fingerprint density at radius 1 is 0.935 bits per heavy atom. The highest BCUT2D eigenvalue weighted by Crippen LogP contribution is 2.40. The Kier molecular flexibility index (Phi) is 5.45. The molecule has 0 aliphatic heterocycles. The number of fused-ring (bicyclic) bond motifs is 1. The number of aromatic hydroxyl groups is 1. The molecule has 0 bridgehead atoms. The molecule has 0 aromatic heterocycles. The van der Waals surface area contributed by atoms with E-state index in [-0.39, 0.29) is 17.0 Å². The predicted octanol–water partition coefficient (Wildman–Crippen LogP) is 6.97. The number of nitrogens with one attached hydrogen (secondary N) is 1. The minimum Gasteiger partial charge on any atom is -0.505 e. The van der Waals surface area contributed by atoms with E-state index in [4.69, 9.17) is 0 Å². The topological polar surface area (TPSA) is 74.0 Å². The van der Waals surface area contributed by atoms with Gasteiger partial charge in [0.25, 0.3) is 5.91 Å². The van der Waals surface area contributed by atoms with Crippen molar-refractivity contribution in [2.24, 2.45) is 10.2 Å². The highest BCUT2D eigenvalue weighted by Gasteiger charge is 2.19. The first-order valence-electron chi connectivity index (χ1n) is 9.73. The molecule has 0 heterocycles. The predicted molar refractivity (Wildman–Crippen MR) is 120 cm³/mol. The van der Waals surface area contributed by atoms with Gasteiger partial charge in [0, 0.05) is 17.1 Å². The fraction of sp³-hybridized carbons (Fsp3) is 0.0800. The van der Waals surface area contributed by atoms with Gasteiger partial charge in [-0.3, -0.25) is 4.79 Å². The number of nitrogens with zero attached hydrogens (tertiary/aromatic N) is 2. The lowest BCUT2D eigenvalue weighted by Gasteiger charge is -2.12. The molecule has 4 aromatic carbocycles. The summed E-state index contributed by atoms with van der Waals surface area (Å²) in [6.07, 6.45) is 0. The molecule has 0 spiro atoms. The van der Waals surface area contributed by atoms with E-state index in [0.717, 1.165) is 16.5 Å². The van der Waals surface area contributed by atoms with Crippen molar-refractivity contribution in [3.8, 4) is 5.75 Å².